The molecule has 1 N–H and O–H groups in total. The van der Waals surface area contributed by atoms with Gasteiger partial charge in [0.1, 0.15) is 18.2 Å². The lowest BCUT2D eigenvalue weighted by molar-refractivity contribution is -0.384. The Kier molecular flexibility index (Phi) is 6.84. The van der Waals surface area contributed by atoms with E-state index in [4.69, 9.17) is 4.74 Å². The molecule has 30 heavy (non-hydrogen) atoms. The van der Waals surface area contributed by atoms with Gasteiger partial charge in [0.05, 0.1) is 16.2 Å². The van der Waals surface area contributed by atoms with Gasteiger partial charge < -0.3 is 15.0 Å². The van der Waals surface area contributed by atoms with Crippen molar-refractivity contribution < 1.29 is 14.5 Å². The van der Waals surface area contributed by atoms with Crippen LogP contribution in [0.5, 0.6) is 0 Å². The number of benzene rings is 1. The lowest BCUT2D eigenvalue weighted by Crippen LogP contribution is -2.30. The zero-order valence-electron chi connectivity index (χ0n) is 16.6. The normalized spacial score (nSPS) is 20.6. The van der Waals surface area contributed by atoms with Gasteiger partial charge in [-0.25, -0.2) is 14.8 Å². The van der Waals surface area contributed by atoms with Gasteiger partial charge in [-0.1, -0.05) is 6.92 Å². The number of nitrogens with one attached hydrogen (secondary N) is 1. The van der Waals surface area contributed by atoms with Crippen LogP contribution < -0.4 is 10.2 Å². The minimum Gasteiger partial charge on any atom is -0.452 e. The second-order valence-corrected chi connectivity index (χ2v) is 7.42. The summed E-state index contributed by atoms with van der Waals surface area (Å²) in [5.74, 6) is 0.594. The largest absolute Gasteiger partial charge is 0.452 e. The van der Waals surface area contributed by atoms with Crippen LogP contribution in [0.3, 0.4) is 0 Å². The minimum absolute atomic E-state index is 0. The van der Waals surface area contributed by atoms with E-state index in [1.54, 1.807) is 0 Å². The molecule has 2 unspecified atom stereocenters. The molecular formula is C20H24ClN5O4. The number of fused-ring (bicyclic) bond motifs is 1. The Hall–Kier alpha value is -2.78. The zero-order valence-corrected chi connectivity index (χ0v) is 17.4. The van der Waals surface area contributed by atoms with Crippen molar-refractivity contribution in [2.45, 2.75) is 31.8 Å². The van der Waals surface area contributed by atoms with Gasteiger partial charge in [-0.05, 0) is 37.4 Å². The number of nitro benzene ring substituents is 1. The van der Waals surface area contributed by atoms with E-state index in [0.717, 1.165) is 49.7 Å². The van der Waals surface area contributed by atoms with Crippen LogP contribution in [0, 0.1) is 10.1 Å². The molecule has 2 atom stereocenters. The highest BCUT2D eigenvalue weighted by atomic mass is 35.5. The number of rotatable bonds is 4. The first kappa shape index (κ1) is 21.9. The average molecular weight is 434 g/mol. The second-order valence-electron chi connectivity index (χ2n) is 7.42. The number of carbonyl (C=O) groups is 1. The van der Waals surface area contributed by atoms with Gasteiger partial charge in [-0.2, -0.15) is 0 Å². The number of carbonyl (C=O) groups excluding carboxylic acids is 1. The van der Waals surface area contributed by atoms with Gasteiger partial charge >= 0.3 is 5.97 Å². The van der Waals surface area contributed by atoms with Crippen LogP contribution in [0.1, 0.15) is 53.4 Å². The Morgan fingerprint density at radius 3 is 2.73 bits per heavy atom. The van der Waals surface area contributed by atoms with Crippen molar-refractivity contribution in [1.82, 2.24) is 15.3 Å². The zero-order chi connectivity index (χ0) is 20.4. The number of aromatic nitrogens is 2. The molecule has 0 radical (unpaired) electrons. The Morgan fingerprint density at radius 2 is 2.00 bits per heavy atom. The van der Waals surface area contributed by atoms with E-state index in [9.17, 15) is 14.9 Å². The second kappa shape index (κ2) is 9.36. The van der Waals surface area contributed by atoms with E-state index in [2.05, 4.69) is 27.1 Å². The maximum Gasteiger partial charge on any atom is 0.338 e. The first-order valence-electron chi connectivity index (χ1n) is 9.80. The summed E-state index contributed by atoms with van der Waals surface area (Å²) in [5, 5.41) is 14.2. The van der Waals surface area contributed by atoms with Gasteiger partial charge in [0.2, 0.25) is 0 Å². The molecule has 160 valence electrons. The summed E-state index contributed by atoms with van der Waals surface area (Å²) in [6.07, 6.45) is 2.78. The van der Waals surface area contributed by atoms with Crippen LogP contribution in [0.15, 0.2) is 30.6 Å². The van der Waals surface area contributed by atoms with Crippen molar-refractivity contribution in [3.8, 4) is 0 Å². The molecule has 2 heterocycles. The van der Waals surface area contributed by atoms with Crippen LogP contribution in [0.2, 0.25) is 0 Å². The number of hydrogen-bond acceptors (Lipinski definition) is 8. The minimum atomic E-state index is -0.510. The highest BCUT2D eigenvalue weighted by Crippen LogP contribution is 2.45. The fraction of sp³-hybridized carbons (Fsp3) is 0.450. The summed E-state index contributed by atoms with van der Waals surface area (Å²) < 4.78 is 5.73. The average Bonchev–Trinajstić information content (AvgIpc) is 2.90. The summed E-state index contributed by atoms with van der Waals surface area (Å²) >= 11 is 0. The van der Waals surface area contributed by atoms with Crippen molar-refractivity contribution in [1.29, 1.82) is 0 Å². The van der Waals surface area contributed by atoms with Gasteiger partial charge in [0.15, 0.2) is 0 Å². The number of anilines is 1. The lowest BCUT2D eigenvalue weighted by Gasteiger charge is -2.24. The highest BCUT2D eigenvalue weighted by Gasteiger charge is 2.36. The summed E-state index contributed by atoms with van der Waals surface area (Å²) in [5.41, 5.74) is 2.03. The third-order valence-electron chi connectivity index (χ3n) is 5.46. The molecule has 1 aromatic carbocycles. The van der Waals surface area contributed by atoms with Crippen LogP contribution in [0.25, 0.3) is 0 Å². The lowest BCUT2D eigenvalue weighted by atomic mass is 10.1. The van der Waals surface area contributed by atoms with Crippen LogP contribution in [0.4, 0.5) is 11.5 Å². The third-order valence-corrected chi connectivity index (χ3v) is 5.46. The number of ether oxygens (including phenoxy) is 1. The topological polar surface area (TPSA) is 110 Å². The highest BCUT2D eigenvalue weighted by molar-refractivity contribution is 5.89. The molecule has 4 rings (SSSR count). The molecule has 9 nitrogen and oxygen atoms in total. The van der Waals surface area contributed by atoms with Gasteiger partial charge in [0.25, 0.3) is 5.69 Å². The monoisotopic (exact) mass is 433 g/mol. The van der Waals surface area contributed by atoms with E-state index in [1.165, 1.54) is 30.6 Å². The Labute approximate surface area is 180 Å². The molecule has 0 bridgehead atoms. The number of hydrogen-bond donors (Lipinski definition) is 1. The fourth-order valence-corrected chi connectivity index (χ4v) is 4.01. The van der Waals surface area contributed by atoms with Crippen molar-refractivity contribution >= 4 is 29.9 Å². The van der Waals surface area contributed by atoms with E-state index in [-0.39, 0.29) is 29.6 Å². The van der Waals surface area contributed by atoms with E-state index in [1.807, 2.05) is 0 Å². The Bertz CT molecular complexity index is 916. The van der Waals surface area contributed by atoms with Crippen molar-refractivity contribution in [3.63, 3.8) is 0 Å². The number of nitro groups is 1. The maximum absolute atomic E-state index is 12.6. The molecule has 1 fully saturated rings. The van der Waals surface area contributed by atoms with Gasteiger partial charge in [-0.3, -0.25) is 10.1 Å². The summed E-state index contributed by atoms with van der Waals surface area (Å²) in [6.45, 7) is 5.81. The predicted molar refractivity (Wildman–Crippen MR) is 113 cm³/mol. The molecule has 1 aliphatic carbocycles. The van der Waals surface area contributed by atoms with Crippen LogP contribution in [-0.2, 0) is 4.74 Å². The maximum atomic E-state index is 12.6. The molecule has 0 spiro atoms. The molecule has 0 amide bonds. The summed E-state index contributed by atoms with van der Waals surface area (Å²) in [4.78, 5) is 34.1. The van der Waals surface area contributed by atoms with E-state index < -0.39 is 17.0 Å². The first-order valence-corrected chi connectivity index (χ1v) is 9.80. The molecule has 10 heteroatoms. The fourth-order valence-electron chi connectivity index (χ4n) is 4.01. The molecule has 2 aliphatic rings. The van der Waals surface area contributed by atoms with Crippen molar-refractivity contribution in [3.05, 3.63) is 57.5 Å². The standard InChI is InChI=1S/C20H23N5O4.ClH/c1-13-11-16(29-20(26)14-3-5-15(6-4-14)25(27)28)18-17(13)19(23-12-22-18)24-9-2-7-21-8-10-24;/h3-6,12-13,16,21H,2,7-11H2,1H3;1H. The summed E-state index contributed by atoms with van der Waals surface area (Å²) in [7, 11) is 0. The predicted octanol–water partition coefficient (Wildman–Crippen LogP) is 3.01. The quantitative estimate of drug-likeness (QED) is 0.445. The molecule has 1 saturated heterocycles. The van der Waals surface area contributed by atoms with Crippen molar-refractivity contribution in [2.24, 2.45) is 0 Å². The Morgan fingerprint density at radius 1 is 1.23 bits per heavy atom. The number of nitrogens with zero attached hydrogens (tertiary/aromatic N) is 4. The van der Waals surface area contributed by atoms with Gasteiger partial charge in [-0.15, -0.1) is 12.4 Å². The third kappa shape index (κ3) is 4.36. The van der Waals surface area contributed by atoms with Crippen molar-refractivity contribution in [2.75, 3.05) is 31.1 Å². The first-order chi connectivity index (χ1) is 14.0. The summed E-state index contributed by atoms with van der Waals surface area (Å²) in [6, 6.07) is 5.43. The van der Waals surface area contributed by atoms with Crippen LogP contribution >= 0.6 is 12.4 Å². The number of esters is 1. The molecule has 1 aliphatic heterocycles. The Balaban J connectivity index is 0.00000256. The molecule has 2 aromatic rings. The number of non-ortho nitro benzene ring substituents is 1. The van der Waals surface area contributed by atoms with E-state index >= 15 is 0 Å². The SMILES string of the molecule is CC1CC(OC(=O)c2ccc([N+](=O)[O-])cc2)c2ncnc(N3CCCNCC3)c21.Cl. The van der Waals surface area contributed by atoms with E-state index in [0.29, 0.717) is 6.42 Å². The molecule has 1 aromatic heterocycles. The molecule has 0 saturated carbocycles. The van der Waals surface area contributed by atoms with Crippen LogP contribution in [-0.4, -0.2) is 47.0 Å². The number of halogens is 1. The molecular weight excluding hydrogens is 410 g/mol. The smallest absolute Gasteiger partial charge is 0.338 e. The van der Waals surface area contributed by atoms with Gasteiger partial charge in [0, 0.05) is 37.3 Å².